The van der Waals surface area contributed by atoms with Crippen LogP contribution in [-0.4, -0.2) is 11.7 Å². The van der Waals surface area contributed by atoms with Gasteiger partial charge in [0, 0.05) is 28.1 Å². The molecule has 1 aromatic heterocycles. The van der Waals surface area contributed by atoms with Crippen LogP contribution in [-0.2, 0) is 13.0 Å². The quantitative estimate of drug-likeness (QED) is 0.890. The molecule has 0 fully saturated rings. The van der Waals surface area contributed by atoms with Gasteiger partial charge in [0.05, 0.1) is 6.10 Å². The Morgan fingerprint density at radius 3 is 2.95 bits per heavy atom. The highest BCUT2D eigenvalue weighted by atomic mass is 79.9. The highest BCUT2D eigenvalue weighted by Gasteiger charge is 2.18. The fourth-order valence-electron chi connectivity index (χ4n) is 2.52. The first-order chi connectivity index (χ1) is 9.15. The molecular weight excluding hydrogens is 322 g/mol. The van der Waals surface area contributed by atoms with Gasteiger partial charge in [-0.05, 0) is 48.1 Å². The summed E-state index contributed by atoms with van der Waals surface area (Å²) >= 11 is 5.42. The van der Waals surface area contributed by atoms with Crippen LogP contribution in [0.5, 0.6) is 0 Å². The van der Waals surface area contributed by atoms with Crippen molar-refractivity contribution in [3.05, 3.63) is 50.1 Å². The average Bonchev–Trinajstić information content (AvgIpc) is 2.85. The third-order valence-corrected chi connectivity index (χ3v) is 5.32. The SMILES string of the molecule is C[C@@H](O)c1ccc(N2CCc3sccc3C2)cc1Br. The lowest BCUT2D eigenvalue weighted by atomic mass is 10.1. The molecule has 0 radical (unpaired) electrons. The summed E-state index contributed by atoms with van der Waals surface area (Å²) in [5.41, 5.74) is 3.61. The Morgan fingerprint density at radius 2 is 2.21 bits per heavy atom. The minimum absolute atomic E-state index is 0.437. The number of benzene rings is 1. The van der Waals surface area contributed by atoms with Crippen LogP contribution in [0.25, 0.3) is 0 Å². The molecule has 2 nitrogen and oxygen atoms in total. The van der Waals surface area contributed by atoms with Gasteiger partial charge in [-0.25, -0.2) is 0 Å². The zero-order chi connectivity index (χ0) is 13.4. The lowest BCUT2D eigenvalue weighted by Gasteiger charge is -2.29. The molecule has 1 N–H and O–H groups in total. The van der Waals surface area contributed by atoms with E-state index in [1.807, 2.05) is 17.4 Å². The predicted octanol–water partition coefficient (Wildman–Crippen LogP) is 4.13. The van der Waals surface area contributed by atoms with Crippen molar-refractivity contribution in [3.8, 4) is 0 Å². The first-order valence-electron chi connectivity index (χ1n) is 6.43. The van der Waals surface area contributed by atoms with Crippen molar-refractivity contribution in [2.24, 2.45) is 0 Å². The number of anilines is 1. The van der Waals surface area contributed by atoms with Crippen LogP contribution in [0.3, 0.4) is 0 Å². The Bertz CT molecular complexity index is 594. The van der Waals surface area contributed by atoms with Crippen LogP contribution in [0.4, 0.5) is 5.69 Å². The van der Waals surface area contributed by atoms with E-state index in [9.17, 15) is 5.11 Å². The fraction of sp³-hybridized carbons (Fsp3) is 0.333. The number of hydrogen-bond donors (Lipinski definition) is 1. The first kappa shape index (κ1) is 13.2. The molecule has 0 amide bonds. The average molecular weight is 338 g/mol. The van der Waals surface area contributed by atoms with Gasteiger partial charge in [-0.3, -0.25) is 0 Å². The molecule has 0 saturated carbocycles. The molecule has 19 heavy (non-hydrogen) atoms. The predicted molar refractivity (Wildman–Crippen MR) is 83.8 cm³/mol. The second-order valence-electron chi connectivity index (χ2n) is 4.92. The van der Waals surface area contributed by atoms with Crippen molar-refractivity contribution in [2.75, 3.05) is 11.4 Å². The summed E-state index contributed by atoms with van der Waals surface area (Å²) in [6.45, 7) is 3.84. The molecule has 3 rings (SSSR count). The van der Waals surface area contributed by atoms with E-state index in [0.717, 1.165) is 29.5 Å². The molecule has 1 aromatic carbocycles. The summed E-state index contributed by atoms with van der Waals surface area (Å²) in [4.78, 5) is 3.92. The summed E-state index contributed by atoms with van der Waals surface area (Å²) in [6.07, 6.45) is 0.691. The lowest BCUT2D eigenvalue weighted by molar-refractivity contribution is 0.198. The van der Waals surface area contributed by atoms with E-state index in [1.54, 1.807) is 6.92 Å². The van der Waals surface area contributed by atoms with Crippen molar-refractivity contribution >= 4 is 33.0 Å². The number of nitrogens with zero attached hydrogens (tertiary/aromatic N) is 1. The maximum atomic E-state index is 9.67. The van der Waals surface area contributed by atoms with Crippen LogP contribution in [0.1, 0.15) is 29.0 Å². The van der Waals surface area contributed by atoms with Crippen molar-refractivity contribution in [3.63, 3.8) is 0 Å². The van der Waals surface area contributed by atoms with Gasteiger partial charge in [0.15, 0.2) is 0 Å². The van der Waals surface area contributed by atoms with Crippen LogP contribution in [0, 0.1) is 0 Å². The van der Waals surface area contributed by atoms with E-state index in [2.05, 4.69) is 44.4 Å². The number of aliphatic hydroxyl groups is 1. The van der Waals surface area contributed by atoms with E-state index >= 15 is 0 Å². The third-order valence-electron chi connectivity index (χ3n) is 3.61. The molecule has 1 aliphatic rings. The van der Waals surface area contributed by atoms with E-state index in [0.29, 0.717) is 0 Å². The maximum Gasteiger partial charge on any atom is 0.0772 e. The fourth-order valence-corrected chi connectivity index (χ4v) is 4.11. The third kappa shape index (κ3) is 2.57. The van der Waals surface area contributed by atoms with E-state index in [1.165, 1.54) is 16.1 Å². The number of rotatable bonds is 2. The van der Waals surface area contributed by atoms with Crippen LogP contribution < -0.4 is 4.90 Å². The zero-order valence-electron chi connectivity index (χ0n) is 10.8. The molecule has 0 aliphatic carbocycles. The Hall–Kier alpha value is -0.840. The molecule has 0 unspecified atom stereocenters. The topological polar surface area (TPSA) is 23.5 Å². The van der Waals surface area contributed by atoms with Crippen molar-refractivity contribution in [2.45, 2.75) is 26.0 Å². The summed E-state index contributed by atoms with van der Waals surface area (Å²) in [5.74, 6) is 0. The number of fused-ring (bicyclic) bond motifs is 1. The second-order valence-corrected chi connectivity index (χ2v) is 6.78. The molecule has 0 bridgehead atoms. The molecule has 100 valence electrons. The largest absolute Gasteiger partial charge is 0.389 e. The summed E-state index contributed by atoms with van der Waals surface area (Å²) < 4.78 is 0.983. The number of halogens is 1. The van der Waals surface area contributed by atoms with Crippen molar-refractivity contribution in [1.29, 1.82) is 0 Å². The first-order valence-corrected chi connectivity index (χ1v) is 8.10. The van der Waals surface area contributed by atoms with E-state index in [-0.39, 0.29) is 0 Å². The van der Waals surface area contributed by atoms with Crippen molar-refractivity contribution < 1.29 is 5.11 Å². The second kappa shape index (κ2) is 5.27. The molecule has 4 heteroatoms. The number of aliphatic hydroxyl groups excluding tert-OH is 1. The Balaban J connectivity index is 1.86. The smallest absolute Gasteiger partial charge is 0.0772 e. The normalized spacial score (nSPS) is 16.3. The number of thiophene rings is 1. The Labute approximate surface area is 125 Å². The Kier molecular flexibility index (Phi) is 3.65. The van der Waals surface area contributed by atoms with Crippen LogP contribution in [0.15, 0.2) is 34.1 Å². The van der Waals surface area contributed by atoms with Crippen molar-refractivity contribution in [1.82, 2.24) is 0 Å². The minimum Gasteiger partial charge on any atom is -0.389 e. The summed E-state index contributed by atoms with van der Waals surface area (Å²) in [5, 5.41) is 11.8. The molecule has 1 atom stereocenters. The highest BCUT2D eigenvalue weighted by molar-refractivity contribution is 9.10. The lowest BCUT2D eigenvalue weighted by Crippen LogP contribution is -2.29. The standard InChI is InChI=1S/C15H16BrNOS/c1-10(18)13-3-2-12(8-14(13)16)17-6-4-15-11(9-17)5-7-19-15/h2-3,5,7-8,10,18H,4,6,9H2,1H3/t10-/m1/s1. The van der Waals surface area contributed by atoms with Gasteiger partial charge in [0.25, 0.3) is 0 Å². The Morgan fingerprint density at radius 1 is 1.37 bits per heavy atom. The zero-order valence-corrected chi connectivity index (χ0v) is 13.2. The molecular formula is C15H16BrNOS. The molecule has 0 saturated heterocycles. The highest BCUT2D eigenvalue weighted by Crippen LogP contribution is 2.32. The van der Waals surface area contributed by atoms with Gasteiger partial charge in [-0.1, -0.05) is 22.0 Å². The van der Waals surface area contributed by atoms with E-state index in [4.69, 9.17) is 0 Å². The van der Waals surface area contributed by atoms with Gasteiger partial charge >= 0.3 is 0 Å². The maximum absolute atomic E-state index is 9.67. The molecule has 2 aromatic rings. The van der Waals surface area contributed by atoms with Gasteiger partial charge in [0.1, 0.15) is 0 Å². The molecule has 1 aliphatic heterocycles. The number of hydrogen-bond acceptors (Lipinski definition) is 3. The van der Waals surface area contributed by atoms with Gasteiger partial charge < -0.3 is 10.0 Å². The summed E-state index contributed by atoms with van der Waals surface area (Å²) in [6, 6.07) is 8.45. The summed E-state index contributed by atoms with van der Waals surface area (Å²) in [7, 11) is 0. The molecule has 0 spiro atoms. The minimum atomic E-state index is -0.437. The molecule has 2 heterocycles. The van der Waals surface area contributed by atoms with E-state index < -0.39 is 6.10 Å². The van der Waals surface area contributed by atoms with Crippen LogP contribution >= 0.6 is 27.3 Å². The van der Waals surface area contributed by atoms with Gasteiger partial charge in [-0.15, -0.1) is 11.3 Å². The van der Waals surface area contributed by atoms with Gasteiger partial charge in [-0.2, -0.15) is 0 Å². The monoisotopic (exact) mass is 337 g/mol. The van der Waals surface area contributed by atoms with Crippen LogP contribution in [0.2, 0.25) is 0 Å². The van der Waals surface area contributed by atoms with Gasteiger partial charge in [0.2, 0.25) is 0 Å².